The lowest BCUT2D eigenvalue weighted by molar-refractivity contribution is 0.417. The van der Waals surface area contributed by atoms with E-state index >= 15 is 0 Å². The minimum atomic E-state index is -1.17. The van der Waals surface area contributed by atoms with E-state index in [1.807, 2.05) is 13.8 Å². The van der Waals surface area contributed by atoms with Crippen LogP contribution >= 0.6 is 0 Å². The van der Waals surface area contributed by atoms with Crippen LogP contribution in [0.15, 0.2) is 0 Å². The molecular weight excluding hydrogens is 162 g/mol. The summed E-state index contributed by atoms with van der Waals surface area (Å²) in [6, 6.07) is 0. The Balaban J connectivity index is -0.0000000133. The molecule has 0 radical (unpaired) electrons. The maximum atomic E-state index is 7.61. The molecule has 2 N–H and O–H groups in total. The molecule has 0 saturated carbocycles. The molecule has 0 aliphatic heterocycles. The Bertz CT molecular complexity index is 31.1. The fourth-order valence-corrected chi connectivity index (χ4v) is 0. The molecule has 0 unspecified atom stereocenters. The Kier molecular flexibility index (Phi) is 118. The minimum Gasteiger partial charge on any atom is -0.427 e. The van der Waals surface area contributed by atoms with E-state index in [2.05, 4.69) is 20.5 Å². The molecular formula is C9H32B2O2. The first-order valence-corrected chi connectivity index (χ1v) is 3.83. The largest absolute Gasteiger partial charge is 0.448 e. The highest BCUT2D eigenvalue weighted by molar-refractivity contribution is 6.54. The van der Waals surface area contributed by atoms with Crippen LogP contribution in [0.3, 0.4) is 0 Å². The van der Waals surface area contributed by atoms with Crippen LogP contribution in [0.25, 0.3) is 0 Å². The van der Waals surface area contributed by atoms with Gasteiger partial charge in [-0.1, -0.05) is 56.6 Å². The lowest BCUT2D eigenvalue weighted by atomic mass is 9.58. The maximum Gasteiger partial charge on any atom is 0.448 e. The monoisotopic (exact) mass is 194 g/mol. The van der Waals surface area contributed by atoms with Crippen molar-refractivity contribution in [2.24, 2.45) is 0 Å². The van der Waals surface area contributed by atoms with Gasteiger partial charge in [-0.3, -0.25) is 0 Å². The summed E-state index contributed by atoms with van der Waals surface area (Å²) in [6.07, 6.45) is 0. The molecule has 0 atom stereocenters. The van der Waals surface area contributed by atoms with Crippen LogP contribution in [-0.4, -0.2) is 23.9 Å². The van der Waals surface area contributed by atoms with Crippen molar-refractivity contribution in [1.82, 2.24) is 0 Å². The summed E-state index contributed by atoms with van der Waals surface area (Å²) < 4.78 is 0. The Morgan fingerprint density at radius 1 is 0.692 bits per heavy atom. The van der Waals surface area contributed by atoms with E-state index in [1.54, 1.807) is 0 Å². The summed E-state index contributed by atoms with van der Waals surface area (Å²) in [4.78, 5) is 0. The first-order chi connectivity index (χ1) is 4.46. The minimum absolute atomic E-state index is 0. The van der Waals surface area contributed by atoms with Crippen molar-refractivity contribution in [3.8, 4) is 0 Å². The van der Waals surface area contributed by atoms with Crippen molar-refractivity contribution in [1.29, 1.82) is 0 Å². The van der Waals surface area contributed by atoms with Gasteiger partial charge in [0.1, 0.15) is 6.71 Å². The van der Waals surface area contributed by atoms with Crippen LogP contribution in [0, 0.1) is 0 Å². The molecule has 13 heavy (non-hydrogen) atoms. The third kappa shape index (κ3) is 489000. The van der Waals surface area contributed by atoms with Gasteiger partial charge in [-0.15, -0.1) is 0 Å². The molecule has 0 spiro atoms. The molecule has 86 valence electrons. The Morgan fingerprint density at radius 2 is 0.692 bits per heavy atom. The van der Waals surface area contributed by atoms with Gasteiger partial charge in [-0.25, -0.2) is 0 Å². The molecule has 0 amide bonds. The standard InChI is InChI=1S/C3H9B.C2H6.CH5BO2.3CH4/c1-4(2)3;1-2;1-2(3)4;;;/h1-3H3;1-2H3;3-4H,1H3;3*1H4. The molecule has 4 heteroatoms. The molecule has 0 rings (SSSR count). The van der Waals surface area contributed by atoms with Gasteiger partial charge in [0.05, 0.1) is 0 Å². The van der Waals surface area contributed by atoms with Crippen molar-refractivity contribution in [2.75, 3.05) is 0 Å². The van der Waals surface area contributed by atoms with Gasteiger partial charge >= 0.3 is 7.12 Å². The van der Waals surface area contributed by atoms with Crippen molar-refractivity contribution in [2.45, 2.75) is 63.4 Å². The van der Waals surface area contributed by atoms with E-state index < -0.39 is 7.12 Å². The molecule has 2 nitrogen and oxygen atoms in total. The normalized spacial score (nSPS) is 4.62. The quantitative estimate of drug-likeness (QED) is 0.580. The highest BCUT2D eigenvalue weighted by Gasteiger charge is 1.86. The third-order valence-corrected chi connectivity index (χ3v) is 0. The van der Waals surface area contributed by atoms with Crippen LogP contribution < -0.4 is 0 Å². The summed E-state index contributed by atoms with van der Waals surface area (Å²) >= 11 is 0. The molecule has 0 heterocycles. The second-order valence-electron chi connectivity index (χ2n) is 2.36. The topological polar surface area (TPSA) is 40.5 Å². The number of rotatable bonds is 0. The molecule has 0 bridgehead atoms. The summed E-state index contributed by atoms with van der Waals surface area (Å²) in [5, 5.41) is 15.2. The maximum absolute atomic E-state index is 7.61. The summed E-state index contributed by atoms with van der Waals surface area (Å²) in [5.41, 5.74) is 0. The predicted molar refractivity (Wildman–Crippen MR) is 70.9 cm³/mol. The Morgan fingerprint density at radius 3 is 0.692 bits per heavy atom. The molecule has 0 saturated heterocycles. The zero-order chi connectivity index (χ0) is 9.15. The van der Waals surface area contributed by atoms with E-state index in [4.69, 9.17) is 10.0 Å². The molecule has 0 aromatic heterocycles. The average Bonchev–Trinajstić information content (AvgIpc) is 1.66. The summed E-state index contributed by atoms with van der Waals surface area (Å²) in [7, 11) is -1.17. The van der Waals surface area contributed by atoms with E-state index in [0.717, 1.165) is 6.71 Å². The van der Waals surface area contributed by atoms with Gasteiger partial charge in [0.25, 0.3) is 0 Å². The zero-order valence-corrected chi connectivity index (χ0v) is 8.05. The van der Waals surface area contributed by atoms with Gasteiger partial charge in [0.15, 0.2) is 0 Å². The Hall–Kier alpha value is 0.0499. The van der Waals surface area contributed by atoms with E-state index in [9.17, 15) is 0 Å². The number of hydrogen-bond donors (Lipinski definition) is 2. The van der Waals surface area contributed by atoms with Gasteiger partial charge in [-0.2, -0.15) is 0 Å². The van der Waals surface area contributed by atoms with Crippen LogP contribution in [0.4, 0.5) is 0 Å². The van der Waals surface area contributed by atoms with Crippen LogP contribution in [0.1, 0.15) is 36.1 Å². The van der Waals surface area contributed by atoms with Crippen LogP contribution in [0.2, 0.25) is 27.3 Å². The van der Waals surface area contributed by atoms with Crippen molar-refractivity contribution < 1.29 is 10.0 Å². The smallest absolute Gasteiger partial charge is 0.427 e. The first-order valence-electron chi connectivity index (χ1n) is 3.83. The second kappa shape index (κ2) is 40.2. The first kappa shape index (κ1) is 38.1. The molecule has 0 aromatic rings. The SMILES string of the molecule is C.C.C.CB(C)C.CB(O)O.CC. The summed E-state index contributed by atoms with van der Waals surface area (Å²) in [6.45, 7) is 12.6. The van der Waals surface area contributed by atoms with Crippen LogP contribution in [0.5, 0.6) is 0 Å². The number of hydrogen-bond acceptors (Lipinski definition) is 2. The average molecular weight is 194 g/mol. The van der Waals surface area contributed by atoms with Gasteiger partial charge in [-0.05, 0) is 6.82 Å². The highest BCUT2D eigenvalue weighted by atomic mass is 16.4. The summed E-state index contributed by atoms with van der Waals surface area (Å²) in [5.74, 6) is 0. The predicted octanol–water partition coefficient (Wildman–Crippen LogP) is 3.39. The van der Waals surface area contributed by atoms with E-state index in [-0.39, 0.29) is 22.3 Å². The van der Waals surface area contributed by atoms with Gasteiger partial charge in [0.2, 0.25) is 0 Å². The molecule has 0 fully saturated rings. The lowest BCUT2D eigenvalue weighted by Gasteiger charge is -1.71. The van der Waals surface area contributed by atoms with Gasteiger partial charge < -0.3 is 10.0 Å². The Labute approximate surface area is 88.0 Å². The molecule has 0 aliphatic carbocycles. The van der Waals surface area contributed by atoms with Crippen molar-refractivity contribution in [3.05, 3.63) is 0 Å². The third-order valence-electron chi connectivity index (χ3n) is 0. The highest BCUT2D eigenvalue weighted by Crippen LogP contribution is 1.68. The van der Waals surface area contributed by atoms with Crippen molar-refractivity contribution >= 4 is 13.8 Å². The molecule has 0 aliphatic rings. The fourth-order valence-electron chi connectivity index (χ4n) is 0. The van der Waals surface area contributed by atoms with Crippen molar-refractivity contribution in [3.63, 3.8) is 0 Å². The zero-order valence-electron chi connectivity index (χ0n) is 8.05. The van der Waals surface area contributed by atoms with E-state index in [0.29, 0.717) is 0 Å². The fraction of sp³-hybridized carbons (Fsp3) is 1.00. The molecule has 0 aromatic carbocycles. The van der Waals surface area contributed by atoms with Crippen LogP contribution in [-0.2, 0) is 0 Å². The second-order valence-corrected chi connectivity index (χ2v) is 2.36. The van der Waals surface area contributed by atoms with Gasteiger partial charge in [0, 0.05) is 0 Å². The van der Waals surface area contributed by atoms with E-state index in [1.165, 1.54) is 6.82 Å². The lowest BCUT2D eigenvalue weighted by Crippen LogP contribution is -2.00.